The molecule has 0 aromatic carbocycles. The van der Waals surface area contributed by atoms with Crippen LogP contribution in [0, 0.1) is 47.3 Å². The van der Waals surface area contributed by atoms with E-state index < -0.39 is 23.8 Å². The van der Waals surface area contributed by atoms with E-state index in [-0.39, 0.29) is 5.92 Å². The SMILES string of the molecule is O=C(O)C1CCC2C3CCCCC3C3CCCCC3C2C1C(=O)O. The zero-order valence-electron chi connectivity index (χ0n) is 14.4. The number of fused-ring (bicyclic) bond motifs is 6. The molecular formula is C20H30O4. The zero-order valence-corrected chi connectivity index (χ0v) is 14.4. The first kappa shape index (κ1) is 16.4. The van der Waals surface area contributed by atoms with Crippen molar-refractivity contribution in [3.63, 3.8) is 0 Å². The van der Waals surface area contributed by atoms with Gasteiger partial charge in [0.15, 0.2) is 0 Å². The molecule has 0 aromatic heterocycles. The van der Waals surface area contributed by atoms with Gasteiger partial charge < -0.3 is 10.2 Å². The highest BCUT2D eigenvalue weighted by molar-refractivity contribution is 5.80. The summed E-state index contributed by atoms with van der Waals surface area (Å²) in [7, 11) is 0. The van der Waals surface area contributed by atoms with E-state index in [9.17, 15) is 19.8 Å². The minimum absolute atomic E-state index is 0.113. The van der Waals surface area contributed by atoms with E-state index >= 15 is 0 Å². The summed E-state index contributed by atoms with van der Waals surface area (Å²) in [6.45, 7) is 0. The molecule has 0 spiro atoms. The summed E-state index contributed by atoms with van der Waals surface area (Å²) in [5, 5.41) is 19.5. The molecule has 0 aliphatic heterocycles. The second-order valence-electron chi connectivity index (χ2n) is 8.85. The van der Waals surface area contributed by atoms with Crippen molar-refractivity contribution in [1.82, 2.24) is 0 Å². The van der Waals surface area contributed by atoms with Gasteiger partial charge in [-0.3, -0.25) is 9.59 Å². The monoisotopic (exact) mass is 334 g/mol. The quantitative estimate of drug-likeness (QED) is 0.799. The maximum Gasteiger partial charge on any atom is 0.307 e. The third kappa shape index (κ3) is 2.48. The smallest absolute Gasteiger partial charge is 0.307 e. The Kier molecular flexibility index (Phi) is 4.34. The van der Waals surface area contributed by atoms with Crippen molar-refractivity contribution in [2.45, 2.75) is 64.2 Å². The Morgan fingerprint density at radius 2 is 1.04 bits per heavy atom. The highest BCUT2D eigenvalue weighted by Crippen LogP contribution is 2.61. The van der Waals surface area contributed by atoms with Gasteiger partial charge in [-0.05, 0) is 74.0 Å². The molecule has 2 N–H and O–H groups in total. The van der Waals surface area contributed by atoms with Crippen molar-refractivity contribution < 1.29 is 19.8 Å². The lowest BCUT2D eigenvalue weighted by atomic mass is 9.45. The minimum Gasteiger partial charge on any atom is -0.481 e. The van der Waals surface area contributed by atoms with Crippen LogP contribution in [-0.2, 0) is 9.59 Å². The Morgan fingerprint density at radius 1 is 0.583 bits per heavy atom. The van der Waals surface area contributed by atoms with Crippen molar-refractivity contribution in [3.05, 3.63) is 0 Å². The molecule has 4 heteroatoms. The van der Waals surface area contributed by atoms with Crippen molar-refractivity contribution in [1.29, 1.82) is 0 Å². The fourth-order valence-electron chi connectivity index (χ4n) is 7.42. The van der Waals surface area contributed by atoms with E-state index in [4.69, 9.17) is 0 Å². The van der Waals surface area contributed by atoms with E-state index in [2.05, 4.69) is 0 Å². The van der Waals surface area contributed by atoms with Crippen molar-refractivity contribution >= 4 is 11.9 Å². The molecule has 8 atom stereocenters. The first-order chi connectivity index (χ1) is 11.6. The molecule has 4 saturated carbocycles. The Balaban J connectivity index is 1.72. The van der Waals surface area contributed by atoms with E-state index in [1.807, 2.05) is 0 Å². The lowest BCUT2D eigenvalue weighted by Gasteiger charge is -2.59. The summed E-state index contributed by atoms with van der Waals surface area (Å²) in [5.74, 6) is 0.0936. The fraction of sp³-hybridized carbons (Fsp3) is 0.900. The zero-order chi connectivity index (χ0) is 16.8. The molecule has 0 saturated heterocycles. The summed E-state index contributed by atoms with van der Waals surface area (Å²) < 4.78 is 0. The standard InChI is InChI=1S/C20H30O4/c21-19(22)16-10-9-15-13-7-2-1-5-11(13)12-6-3-4-8-14(12)17(15)18(16)20(23)24/h11-18H,1-10H2,(H,21,22)(H,23,24). The number of aliphatic carboxylic acids is 2. The van der Waals surface area contributed by atoms with Crippen LogP contribution in [0.5, 0.6) is 0 Å². The highest BCUT2D eigenvalue weighted by Gasteiger charge is 2.58. The summed E-state index contributed by atoms with van der Waals surface area (Å²) in [4.78, 5) is 23.8. The summed E-state index contributed by atoms with van der Waals surface area (Å²) in [6, 6.07) is 0. The van der Waals surface area contributed by atoms with E-state index in [0.29, 0.717) is 30.1 Å². The molecule has 4 aliphatic rings. The number of carboxylic acids is 2. The third-order valence-corrected chi connectivity index (χ3v) is 8.10. The lowest BCUT2D eigenvalue weighted by molar-refractivity contribution is -0.173. The van der Waals surface area contributed by atoms with Crippen LogP contribution in [0.1, 0.15) is 64.2 Å². The van der Waals surface area contributed by atoms with Crippen LogP contribution in [0.2, 0.25) is 0 Å². The molecule has 0 bridgehead atoms. The Labute approximate surface area is 144 Å². The van der Waals surface area contributed by atoms with Crippen LogP contribution >= 0.6 is 0 Å². The van der Waals surface area contributed by atoms with Crippen LogP contribution in [0.25, 0.3) is 0 Å². The molecule has 0 aromatic rings. The molecule has 4 aliphatic carbocycles. The summed E-state index contributed by atoms with van der Waals surface area (Å²) in [5.41, 5.74) is 0. The van der Waals surface area contributed by atoms with Gasteiger partial charge in [-0.2, -0.15) is 0 Å². The van der Waals surface area contributed by atoms with Gasteiger partial charge in [0.25, 0.3) is 0 Å². The second kappa shape index (κ2) is 6.34. The molecule has 0 heterocycles. The molecule has 4 nitrogen and oxygen atoms in total. The van der Waals surface area contributed by atoms with E-state index in [1.54, 1.807) is 0 Å². The normalized spacial score (nSPS) is 47.8. The molecule has 4 fully saturated rings. The van der Waals surface area contributed by atoms with Crippen molar-refractivity contribution in [2.24, 2.45) is 47.3 Å². The second-order valence-corrected chi connectivity index (χ2v) is 8.85. The molecule has 0 amide bonds. The molecule has 134 valence electrons. The average Bonchev–Trinajstić information content (AvgIpc) is 2.60. The first-order valence-corrected chi connectivity index (χ1v) is 10.0. The van der Waals surface area contributed by atoms with Crippen LogP contribution in [-0.4, -0.2) is 22.2 Å². The van der Waals surface area contributed by atoms with Crippen LogP contribution in [0.15, 0.2) is 0 Å². The fourth-order valence-corrected chi connectivity index (χ4v) is 7.42. The van der Waals surface area contributed by atoms with Gasteiger partial charge in [0.1, 0.15) is 0 Å². The number of rotatable bonds is 2. The van der Waals surface area contributed by atoms with E-state index in [0.717, 1.165) is 18.8 Å². The van der Waals surface area contributed by atoms with Gasteiger partial charge in [-0.1, -0.05) is 25.7 Å². The van der Waals surface area contributed by atoms with Crippen LogP contribution in [0.4, 0.5) is 0 Å². The summed E-state index contributed by atoms with van der Waals surface area (Å²) >= 11 is 0. The molecule has 24 heavy (non-hydrogen) atoms. The summed E-state index contributed by atoms with van der Waals surface area (Å²) in [6.07, 6.45) is 11.6. The minimum atomic E-state index is -0.890. The first-order valence-electron chi connectivity index (χ1n) is 10.0. The Hall–Kier alpha value is -1.06. The van der Waals surface area contributed by atoms with Crippen molar-refractivity contribution in [3.8, 4) is 0 Å². The maximum atomic E-state index is 12.1. The predicted octanol–water partition coefficient (Wildman–Crippen LogP) is 4.04. The molecule has 4 rings (SSSR count). The number of carbonyl (C=O) groups is 2. The van der Waals surface area contributed by atoms with Gasteiger partial charge in [0.05, 0.1) is 11.8 Å². The number of hydrogen-bond acceptors (Lipinski definition) is 2. The third-order valence-electron chi connectivity index (χ3n) is 8.10. The Morgan fingerprint density at radius 3 is 1.54 bits per heavy atom. The molecule has 8 unspecified atom stereocenters. The van der Waals surface area contributed by atoms with Gasteiger partial charge in [0, 0.05) is 0 Å². The highest BCUT2D eigenvalue weighted by atomic mass is 16.4. The molecule has 0 radical (unpaired) electrons. The van der Waals surface area contributed by atoms with Gasteiger partial charge >= 0.3 is 11.9 Å². The van der Waals surface area contributed by atoms with Gasteiger partial charge in [-0.25, -0.2) is 0 Å². The number of hydrogen-bond donors (Lipinski definition) is 2. The maximum absolute atomic E-state index is 12.1. The lowest BCUT2D eigenvalue weighted by Crippen LogP contribution is -2.56. The van der Waals surface area contributed by atoms with Crippen LogP contribution < -0.4 is 0 Å². The number of carboxylic acid groups (broad SMARTS) is 2. The van der Waals surface area contributed by atoms with Crippen molar-refractivity contribution in [2.75, 3.05) is 0 Å². The van der Waals surface area contributed by atoms with E-state index in [1.165, 1.54) is 44.9 Å². The predicted molar refractivity (Wildman–Crippen MR) is 89.4 cm³/mol. The van der Waals surface area contributed by atoms with Crippen LogP contribution in [0.3, 0.4) is 0 Å². The topological polar surface area (TPSA) is 74.6 Å². The Bertz CT molecular complexity index is 502. The van der Waals surface area contributed by atoms with Gasteiger partial charge in [0.2, 0.25) is 0 Å². The average molecular weight is 334 g/mol. The largest absolute Gasteiger partial charge is 0.481 e. The molecular weight excluding hydrogens is 304 g/mol. The van der Waals surface area contributed by atoms with Gasteiger partial charge in [-0.15, -0.1) is 0 Å².